The number of ether oxygens (including phenoxy) is 2. The number of hydrogen-bond donors (Lipinski definition) is 0. The van der Waals surface area contributed by atoms with Crippen LogP contribution in [0.25, 0.3) is 0 Å². The first-order chi connectivity index (χ1) is 9.50. The van der Waals surface area contributed by atoms with E-state index < -0.39 is 42.3 Å². The monoisotopic (exact) mass is 308 g/mol. The maximum atomic E-state index is 13.3. The third kappa shape index (κ3) is 5.71. The Morgan fingerprint density at radius 3 is 2.33 bits per heavy atom. The molecule has 0 bridgehead atoms. The van der Waals surface area contributed by atoms with Crippen molar-refractivity contribution in [1.29, 1.82) is 0 Å². The van der Waals surface area contributed by atoms with E-state index in [1.54, 1.807) is 20.8 Å². The van der Waals surface area contributed by atoms with Gasteiger partial charge in [-0.25, -0.2) is 9.18 Å². The van der Waals surface area contributed by atoms with Crippen molar-refractivity contribution >= 4 is 5.97 Å². The van der Waals surface area contributed by atoms with E-state index in [2.05, 4.69) is 0 Å². The minimum absolute atomic E-state index is 0.369. The van der Waals surface area contributed by atoms with Crippen molar-refractivity contribution in [2.45, 2.75) is 39.2 Å². The largest absolute Gasteiger partial charge is 0.458 e. The highest BCUT2D eigenvalue weighted by Gasteiger charge is 2.36. The van der Waals surface area contributed by atoms with Crippen LogP contribution < -0.4 is 0 Å². The molecule has 0 amide bonds. The van der Waals surface area contributed by atoms with Gasteiger partial charge in [0, 0.05) is 0 Å². The van der Waals surface area contributed by atoms with Crippen molar-refractivity contribution in [3.8, 4) is 0 Å². The smallest absolute Gasteiger partial charge is 0.419 e. The van der Waals surface area contributed by atoms with E-state index >= 15 is 0 Å². The predicted molar refractivity (Wildman–Crippen MR) is 66.9 cm³/mol. The van der Waals surface area contributed by atoms with Gasteiger partial charge in [0.1, 0.15) is 18.0 Å². The number of alkyl halides is 3. The number of carbonyl (C=O) groups is 1. The third-order valence-electron chi connectivity index (χ3n) is 2.28. The van der Waals surface area contributed by atoms with Crippen molar-refractivity contribution in [3.63, 3.8) is 0 Å². The first-order valence-corrected chi connectivity index (χ1v) is 6.15. The Labute approximate surface area is 119 Å². The van der Waals surface area contributed by atoms with E-state index in [1.165, 1.54) is 0 Å². The van der Waals surface area contributed by atoms with Gasteiger partial charge in [0.05, 0.1) is 12.2 Å². The van der Waals surface area contributed by atoms with E-state index in [9.17, 15) is 22.4 Å². The lowest BCUT2D eigenvalue weighted by Gasteiger charge is -2.19. The number of rotatable bonds is 4. The van der Waals surface area contributed by atoms with Gasteiger partial charge in [-0.1, -0.05) is 12.1 Å². The summed E-state index contributed by atoms with van der Waals surface area (Å²) in [6.07, 6.45) is -4.82. The van der Waals surface area contributed by atoms with Crippen molar-refractivity contribution in [1.82, 2.24) is 0 Å². The minimum Gasteiger partial charge on any atom is -0.458 e. The van der Waals surface area contributed by atoms with Gasteiger partial charge < -0.3 is 9.47 Å². The van der Waals surface area contributed by atoms with Gasteiger partial charge in [-0.15, -0.1) is 0 Å². The number of benzene rings is 1. The predicted octanol–water partition coefficient (Wildman–Crippen LogP) is 3.70. The van der Waals surface area contributed by atoms with Crippen LogP contribution in [0.1, 0.15) is 31.9 Å². The molecule has 0 aliphatic rings. The van der Waals surface area contributed by atoms with Crippen LogP contribution in [0.4, 0.5) is 17.6 Å². The zero-order valence-corrected chi connectivity index (χ0v) is 11.9. The average molecular weight is 308 g/mol. The van der Waals surface area contributed by atoms with Gasteiger partial charge in [0.2, 0.25) is 0 Å². The van der Waals surface area contributed by atoms with Gasteiger partial charge in [0.25, 0.3) is 0 Å². The van der Waals surface area contributed by atoms with Crippen LogP contribution in [0, 0.1) is 5.82 Å². The average Bonchev–Trinajstić information content (AvgIpc) is 2.24. The topological polar surface area (TPSA) is 35.5 Å². The molecular weight excluding hydrogens is 292 g/mol. The molecule has 0 saturated heterocycles. The number of halogens is 4. The Hall–Kier alpha value is -1.63. The van der Waals surface area contributed by atoms with Crippen LogP contribution >= 0.6 is 0 Å². The molecule has 118 valence electrons. The summed E-state index contributed by atoms with van der Waals surface area (Å²) in [7, 11) is 0. The van der Waals surface area contributed by atoms with E-state index in [-0.39, 0.29) is 5.56 Å². The van der Waals surface area contributed by atoms with Crippen molar-refractivity contribution in [2.24, 2.45) is 0 Å². The molecule has 0 aliphatic carbocycles. The highest BCUT2D eigenvalue weighted by Crippen LogP contribution is 2.34. The Kier molecular flexibility index (Phi) is 5.33. The summed E-state index contributed by atoms with van der Waals surface area (Å²) in [4.78, 5) is 11.4. The molecule has 21 heavy (non-hydrogen) atoms. The van der Waals surface area contributed by atoms with Crippen molar-refractivity contribution in [2.75, 3.05) is 6.61 Å². The highest BCUT2D eigenvalue weighted by molar-refractivity contribution is 5.71. The lowest BCUT2D eigenvalue weighted by molar-refractivity contribution is -0.160. The van der Waals surface area contributed by atoms with E-state index in [0.29, 0.717) is 0 Å². The SMILES string of the molecule is CC(C)(C)OC(=O)COCc1cccc(F)c1C(F)(F)F. The Morgan fingerprint density at radius 1 is 1.19 bits per heavy atom. The highest BCUT2D eigenvalue weighted by atomic mass is 19.4. The molecule has 0 radical (unpaired) electrons. The molecule has 0 spiro atoms. The second-order valence-corrected chi connectivity index (χ2v) is 5.35. The van der Waals surface area contributed by atoms with Crippen molar-refractivity contribution < 1.29 is 31.8 Å². The number of esters is 1. The standard InChI is InChI=1S/C14H16F4O3/c1-13(2,3)21-11(19)8-20-7-9-5-4-6-10(15)12(9)14(16,17)18/h4-6H,7-8H2,1-3H3. The molecule has 1 aromatic rings. The zero-order valence-electron chi connectivity index (χ0n) is 11.9. The van der Waals surface area contributed by atoms with Crippen LogP contribution in [-0.4, -0.2) is 18.2 Å². The van der Waals surface area contributed by atoms with Crippen LogP contribution in [0.5, 0.6) is 0 Å². The summed E-state index contributed by atoms with van der Waals surface area (Å²) in [6, 6.07) is 2.97. The van der Waals surface area contributed by atoms with Gasteiger partial charge in [-0.3, -0.25) is 0 Å². The van der Waals surface area contributed by atoms with E-state index in [1.807, 2.05) is 0 Å². The fourth-order valence-electron chi connectivity index (χ4n) is 1.62. The molecule has 0 aromatic heterocycles. The summed E-state index contributed by atoms with van der Waals surface area (Å²) in [6.45, 7) is 3.91. The summed E-state index contributed by atoms with van der Waals surface area (Å²) < 4.78 is 61.3. The molecule has 1 rings (SSSR count). The lowest BCUT2D eigenvalue weighted by atomic mass is 10.1. The number of hydrogen-bond acceptors (Lipinski definition) is 3. The molecule has 0 saturated carbocycles. The second-order valence-electron chi connectivity index (χ2n) is 5.35. The molecular formula is C14H16F4O3. The zero-order chi connectivity index (χ0) is 16.3. The molecule has 3 nitrogen and oxygen atoms in total. The van der Waals surface area contributed by atoms with E-state index in [4.69, 9.17) is 9.47 Å². The molecule has 7 heteroatoms. The molecule has 0 unspecified atom stereocenters. The van der Waals surface area contributed by atoms with Crippen molar-refractivity contribution in [3.05, 3.63) is 35.1 Å². The first kappa shape index (κ1) is 17.4. The summed E-state index contributed by atoms with van der Waals surface area (Å²) in [5, 5.41) is 0. The Morgan fingerprint density at radius 2 is 1.81 bits per heavy atom. The molecule has 0 atom stereocenters. The normalized spacial score (nSPS) is 12.3. The maximum absolute atomic E-state index is 13.3. The van der Waals surface area contributed by atoms with Crippen LogP contribution in [0.2, 0.25) is 0 Å². The summed E-state index contributed by atoms with van der Waals surface area (Å²) in [5.41, 5.74) is -2.46. The maximum Gasteiger partial charge on any atom is 0.419 e. The van der Waals surface area contributed by atoms with Gasteiger partial charge >= 0.3 is 12.1 Å². The Bertz CT molecular complexity index is 504. The molecule has 1 aromatic carbocycles. The van der Waals surface area contributed by atoms with Crippen LogP contribution in [0.15, 0.2) is 18.2 Å². The fraction of sp³-hybridized carbons (Fsp3) is 0.500. The third-order valence-corrected chi connectivity index (χ3v) is 2.28. The molecule has 0 N–H and O–H groups in total. The minimum atomic E-state index is -4.82. The summed E-state index contributed by atoms with van der Waals surface area (Å²) in [5.74, 6) is -2.08. The lowest BCUT2D eigenvalue weighted by Crippen LogP contribution is -2.26. The van der Waals surface area contributed by atoms with Crippen LogP contribution in [-0.2, 0) is 27.1 Å². The quantitative estimate of drug-likeness (QED) is 0.628. The summed E-state index contributed by atoms with van der Waals surface area (Å²) >= 11 is 0. The molecule has 0 aliphatic heterocycles. The van der Waals surface area contributed by atoms with Gasteiger partial charge in [-0.2, -0.15) is 13.2 Å². The van der Waals surface area contributed by atoms with Gasteiger partial charge in [-0.05, 0) is 32.4 Å². The van der Waals surface area contributed by atoms with E-state index in [0.717, 1.165) is 18.2 Å². The molecule has 0 fully saturated rings. The second kappa shape index (κ2) is 6.43. The van der Waals surface area contributed by atoms with Crippen LogP contribution in [0.3, 0.4) is 0 Å². The molecule has 0 heterocycles. The Balaban J connectivity index is 2.69. The van der Waals surface area contributed by atoms with Gasteiger partial charge in [0.15, 0.2) is 0 Å². The number of carbonyl (C=O) groups excluding carboxylic acids is 1. The fourth-order valence-corrected chi connectivity index (χ4v) is 1.62. The first-order valence-electron chi connectivity index (χ1n) is 6.15.